The number of rotatable bonds is 0. The first kappa shape index (κ1) is 5.00. The molecule has 0 heterocycles. The van der Waals surface area contributed by atoms with Crippen molar-refractivity contribution in [3.63, 3.8) is 0 Å². The van der Waals surface area contributed by atoms with Gasteiger partial charge in [-0.2, -0.15) is 0 Å². The van der Waals surface area contributed by atoms with Gasteiger partial charge in [-0.1, -0.05) is 14.8 Å². The topological polar surface area (TPSA) is 0 Å². The number of hydrogen-bond acceptors (Lipinski definition) is 0. The van der Waals surface area contributed by atoms with Crippen LogP contribution in [0.2, 0.25) is 0 Å². The first-order valence-corrected chi connectivity index (χ1v) is 0.577. The summed E-state index contributed by atoms with van der Waals surface area (Å²) >= 11 is 0. The number of hydrogen-bond donors (Lipinski definition) is 0. The van der Waals surface area contributed by atoms with Crippen LogP contribution in [-0.2, 0) is 0 Å². The summed E-state index contributed by atoms with van der Waals surface area (Å²) in [7, 11) is -0.250. The Kier molecular flexibility index (Phi) is 4360. The number of halogens is 1. The van der Waals surface area contributed by atoms with E-state index in [1.54, 1.807) is 0 Å². The van der Waals surface area contributed by atoms with Crippen LogP contribution in [0.3, 0.4) is 0 Å². The molecule has 0 rings (SSSR count). The molecule has 0 aliphatic carbocycles. The molecule has 0 nitrogen and oxygen atoms in total. The van der Waals surface area contributed by atoms with Crippen LogP contribution in [-0.4, -0.2) is 0 Å². The fraction of sp³-hybridized carbons (Fsp3) is 0.333. The minimum Gasteiger partial charge on any atom is -0.124 e. The molecular formula is C6H17I. The average molecular weight is 228 g/mol. The summed E-state index contributed by atoms with van der Waals surface area (Å²) < 4.78 is 33.2. The van der Waals surface area contributed by atoms with Crippen LogP contribution in [0, 0.1) is 25.6 Å². The Morgan fingerprint density at radius 3 is 1.71 bits per heavy atom. The molecule has 48 valence electrons. The third-order valence-corrected chi connectivity index (χ3v) is 0. The molecule has 7 heavy (non-hydrogen) atoms. The zero-order valence-corrected chi connectivity index (χ0v) is 5.60. The molecule has 0 aliphatic rings. The molecule has 0 unspecified atom stereocenters. The summed E-state index contributed by atoms with van der Waals surface area (Å²) in [5, 5.41) is 0. The Balaban J connectivity index is -0.00000000880. The SMILES string of the molecule is C.I.[3H]C#C.[3H]C#C.[3H]C[3H].[3H][3H].[HH]. The van der Waals surface area contributed by atoms with E-state index >= 15 is 0 Å². The molecule has 0 aromatic rings. The van der Waals surface area contributed by atoms with Crippen molar-refractivity contribution in [2.75, 3.05) is 0 Å². The molecule has 0 radical (unpaired) electrons. The third-order valence-electron chi connectivity index (χ3n) is 0. The van der Waals surface area contributed by atoms with Gasteiger partial charge in [-0.25, -0.2) is 0 Å². The fourth-order valence-corrected chi connectivity index (χ4v) is 0. The van der Waals surface area contributed by atoms with Crippen LogP contribution in [0.25, 0.3) is 0 Å². The van der Waals surface area contributed by atoms with Crippen molar-refractivity contribution in [2.45, 2.75) is 14.8 Å². The Hall–Kier alpha value is -0.150. The second-order valence-corrected chi connectivity index (χ2v) is 0. The molecule has 0 aliphatic heterocycles. The third kappa shape index (κ3) is 3850. The van der Waals surface area contributed by atoms with Gasteiger partial charge in [-0.15, -0.1) is 49.6 Å². The molecule has 0 saturated carbocycles. The Morgan fingerprint density at radius 1 is 1.71 bits per heavy atom. The van der Waals surface area contributed by atoms with Crippen LogP contribution < -0.4 is 0 Å². The van der Waals surface area contributed by atoms with Crippen molar-refractivity contribution in [3.8, 4) is 25.6 Å². The van der Waals surface area contributed by atoms with Crippen molar-refractivity contribution >= 4 is 24.0 Å². The highest BCUT2D eigenvalue weighted by Gasteiger charge is 0.456. The Morgan fingerprint density at radius 2 is 1.71 bits per heavy atom. The minimum atomic E-state index is -0.250. The molecule has 0 N–H and O–H groups in total. The largest absolute Gasteiger partial charge is 0.124 e. The second kappa shape index (κ2) is 6120. The van der Waals surface area contributed by atoms with Gasteiger partial charge in [0, 0.05) is 7.14 Å². The van der Waals surface area contributed by atoms with Crippen LogP contribution in [0.1, 0.15) is 24.7 Å². The summed E-state index contributed by atoms with van der Waals surface area (Å²) in [5.41, 5.74) is 0. The Bertz CT molecular complexity index is 83.3. The lowest BCUT2D eigenvalue weighted by Gasteiger charge is -0.701. The van der Waals surface area contributed by atoms with Crippen molar-refractivity contribution in [1.29, 1.82) is 0 Å². The van der Waals surface area contributed by atoms with Gasteiger partial charge in [0.2, 0.25) is 0 Å². The van der Waals surface area contributed by atoms with Crippen molar-refractivity contribution in [2.24, 2.45) is 0 Å². The quantitative estimate of drug-likeness (QED) is 0.441. The van der Waals surface area contributed by atoms with Crippen LogP contribution in [0.4, 0.5) is 0 Å². The van der Waals surface area contributed by atoms with E-state index in [2.05, 4.69) is 12.8 Å². The highest BCUT2D eigenvalue weighted by atomic mass is 127. The van der Waals surface area contributed by atoms with Gasteiger partial charge in [-0.3, -0.25) is 0 Å². The van der Waals surface area contributed by atoms with E-state index in [-0.39, 0.29) is 40.2 Å². The first-order valence-electron chi connectivity index (χ1n) is 3.99. The molecule has 1 heteroatoms. The summed E-state index contributed by atoms with van der Waals surface area (Å²) in [6.07, 6.45) is 11.5. The first-order chi connectivity index (χ1) is 5.24. The summed E-state index contributed by atoms with van der Waals surface area (Å²) in [6.45, 7) is 0. The lowest BCUT2D eigenvalue weighted by molar-refractivity contribution is 2.50. The lowest BCUT2D eigenvalue weighted by Crippen LogP contribution is -0.576. The monoisotopic (exact) mass is 228 g/mol. The van der Waals surface area contributed by atoms with Crippen LogP contribution >= 0.6 is 24.0 Å². The van der Waals surface area contributed by atoms with E-state index in [0.29, 0.717) is 0 Å². The molecule has 0 fully saturated rings. The van der Waals surface area contributed by atoms with Gasteiger partial charge >= 0.3 is 0 Å². The highest BCUT2D eigenvalue weighted by Crippen LogP contribution is 0.886. The zero-order chi connectivity index (χ0) is 10.1. The highest BCUT2D eigenvalue weighted by molar-refractivity contribution is 14.0. The molecule has 0 aromatic carbocycles. The molecule has 0 amide bonds. The summed E-state index contributed by atoms with van der Waals surface area (Å²) in [4.78, 5) is 0. The zero-order valence-electron chi connectivity index (χ0n) is 9.27. The van der Waals surface area contributed by atoms with Gasteiger partial charge in [0.15, 0.2) is 0 Å². The number of terminal acetylenes is 2. The molecule has 0 bridgehead atoms. The van der Waals surface area contributed by atoms with Crippen LogP contribution in [0.5, 0.6) is 0 Å². The van der Waals surface area contributed by atoms with E-state index < -0.39 is 0 Å². The Labute approximate surface area is 74.9 Å². The van der Waals surface area contributed by atoms with E-state index in [9.17, 15) is 0 Å². The van der Waals surface area contributed by atoms with Crippen LogP contribution in [0.15, 0.2) is 0 Å². The van der Waals surface area contributed by atoms with E-state index in [0.717, 1.165) is 0 Å². The van der Waals surface area contributed by atoms with Crippen molar-refractivity contribution < 1.29 is 9.88 Å². The lowest BCUT2D eigenvalue weighted by atomic mass is 11.4. The maximum absolute atomic E-state index is 5.88. The van der Waals surface area contributed by atoms with Gasteiger partial charge < -0.3 is 0 Å². The van der Waals surface area contributed by atoms with Gasteiger partial charge in [0.05, 0.1) is 0 Å². The summed E-state index contributed by atoms with van der Waals surface area (Å²) in [6, 6.07) is 0. The van der Waals surface area contributed by atoms with E-state index in [1.165, 1.54) is 12.8 Å². The standard InChI is InChI=1S/2C2H2.2CH4.HI.2H2/c2*1-2;;;;;/h2*1-2H;2*1H4;3*1H/i2*1T;1T2;;;1+2T;. The fourth-order valence-electron chi connectivity index (χ4n) is 0. The summed E-state index contributed by atoms with van der Waals surface area (Å²) in [5.74, 6) is 0. The molecule has 0 atom stereocenters. The molecular weight excluding hydrogens is 199 g/mol. The maximum atomic E-state index is 5.88. The normalized spacial score (nSPS) is 6.57. The van der Waals surface area contributed by atoms with Gasteiger partial charge in [0.1, 0.15) is 2.74 Å². The minimum absolute atomic E-state index is 0. The average Bonchev–Trinajstić information content (AvgIpc) is 1.96. The van der Waals surface area contributed by atoms with E-state index in [4.69, 9.17) is 8.45 Å². The molecule has 0 spiro atoms. The molecule has 0 aromatic heterocycles. The second-order valence-electron chi connectivity index (χ2n) is 0. The predicted octanol–water partition coefficient (Wildman–Crippen LogP) is 2.88. The van der Waals surface area contributed by atoms with E-state index in [1.807, 2.05) is 0 Å². The van der Waals surface area contributed by atoms with Crippen molar-refractivity contribution in [1.82, 2.24) is 0 Å². The smallest absolute Gasteiger partial charge is 0.124 e. The molecule has 0 saturated heterocycles. The van der Waals surface area contributed by atoms with Gasteiger partial charge in [0.25, 0.3) is 0 Å². The maximum Gasteiger partial charge on any atom is 0.124 e. The van der Waals surface area contributed by atoms with Crippen molar-refractivity contribution in [3.05, 3.63) is 0 Å². The van der Waals surface area contributed by atoms with Gasteiger partial charge in [-0.05, 0) is 0 Å². The predicted molar refractivity (Wildman–Crippen MR) is 52.9 cm³/mol.